The van der Waals surface area contributed by atoms with Gasteiger partial charge in [-0.1, -0.05) is 60.7 Å². The summed E-state index contributed by atoms with van der Waals surface area (Å²) in [6.45, 7) is 9.74. The molecule has 18 heteroatoms. The smallest absolute Gasteiger partial charge is 0.379 e. The highest BCUT2D eigenvalue weighted by molar-refractivity contribution is 6.41. The number of ketones is 2. The van der Waals surface area contributed by atoms with Gasteiger partial charge in [-0.25, -0.2) is 9.59 Å². The number of esters is 2. The average molecular weight is 855 g/mol. The lowest BCUT2D eigenvalue weighted by Crippen LogP contribution is -2.20. The van der Waals surface area contributed by atoms with Crippen molar-refractivity contribution in [2.75, 3.05) is 172 Å². The second-order valence-electron chi connectivity index (χ2n) is 12.0. The first-order chi connectivity index (χ1) is 29.6. The van der Waals surface area contributed by atoms with Gasteiger partial charge in [-0.05, 0) is 0 Å². The van der Waals surface area contributed by atoms with Crippen LogP contribution in [0.15, 0.2) is 60.7 Å². The molecule has 0 atom stereocenters. The summed E-state index contributed by atoms with van der Waals surface area (Å²) >= 11 is 0. The van der Waals surface area contributed by atoms with E-state index in [9.17, 15) is 19.2 Å². The molecular weight excluding hydrogens is 792 g/mol. The van der Waals surface area contributed by atoms with Gasteiger partial charge in [-0.15, -0.1) is 0 Å². The van der Waals surface area contributed by atoms with Crippen molar-refractivity contribution >= 4 is 23.5 Å². The van der Waals surface area contributed by atoms with Crippen LogP contribution < -0.4 is 0 Å². The molecule has 0 aromatic heterocycles. The number of Topliss-reactive ketones (excluding diaryl/α,β-unsaturated/α-hetero) is 2. The van der Waals surface area contributed by atoms with Crippen molar-refractivity contribution in [1.29, 1.82) is 0 Å². The molecule has 2 aromatic carbocycles. The highest BCUT2D eigenvalue weighted by atomic mass is 16.6. The van der Waals surface area contributed by atoms with Gasteiger partial charge >= 0.3 is 11.9 Å². The standard InChI is InChI=1S/C42H62O18/c43-39(37-7-3-1-4-8-37)41(45)59-35-33-57-31-29-55-27-25-53-23-21-51-19-17-49-15-13-47-11-12-48-14-16-50-18-20-52-22-24-54-26-28-56-30-32-58-34-36-60-42(46)40(44)38-9-5-2-6-10-38/h1-10H,11-36H2. The fourth-order valence-electron chi connectivity index (χ4n) is 4.45. The maximum Gasteiger partial charge on any atom is 0.379 e. The van der Waals surface area contributed by atoms with E-state index in [1.165, 1.54) is 0 Å². The molecular formula is C42H62O18. The van der Waals surface area contributed by atoms with E-state index in [0.717, 1.165) is 0 Å². The Morgan fingerprint density at radius 2 is 0.417 bits per heavy atom. The second kappa shape index (κ2) is 39.4. The molecule has 0 amide bonds. The zero-order valence-electron chi connectivity index (χ0n) is 34.5. The zero-order valence-corrected chi connectivity index (χ0v) is 34.5. The monoisotopic (exact) mass is 854 g/mol. The number of ether oxygens (including phenoxy) is 14. The molecule has 0 unspecified atom stereocenters. The molecule has 60 heavy (non-hydrogen) atoms. The topological polar surface area (TPSA) is 198 Å². The van der Waals surface area contributed by atoms with Gasteiger partial charge in [0.05, 0.1) is 159 Å². The van der Waals surface area contributed by atoms with E-state index in [1.807, 2.05) is 0 Å². The van der Waals surface area contributed by atoms with Crippen molar-refractivity contribution in [3.63, 3.8) is 0 Å². The molecule has 0 spiro atoms. The van der Waals surface area contributed by atoms with Gasteiger partial charge in [0.2, 0.25) is 0 Å². The highest BCUT2D eigenvalue weighted by Gasteiger charge is 2.18. The van der Waals surface area contributed by atoms with Crippen LogP contribution in [-0.2, 0) is 75.9 Å². The average Bonchev–Trinajstić information content (AvgIpc) is 3.28. The summed E-state index contributed by atoms with van der Waals surface area (Å²) in [4.78, 5) is 47.3. The van der Waals surface area contributed by atoms with Crippen molar-refractivity contribution < 1.29 is 85.5 Å². The molecule has 0 radical (unpaired) electrons. The summed E-state index contributed by atoms with van der Waals surface area (Å²) in [5, 5.41) is 0. The molecule has 0 bridgehead atoms. The van der Waals surface area contributed by atoms with Crippen LogP contribution in [0.1, 0.15) is 20.7 Å². The van der Waals surface area contributed by atoms with Gasteiger partial charge < -0.3 is 66.3 Å². The molecule has 2 aromatic rings. The highest BCUT2D eigenvalue weighted by Crippen LogP contribution is 2.02. The summed E-state index contributed by atoms with van der Waals surface area (Å²) in [5.41, 5.74) is 0.577. The van der Waals surface area contributed by atoms with Crippen LogP contribution >= 0.6 is 0 Å². The minimum absolute atomic E-state index is 0.0124. The summed E-state index contributed by atoms with van der Waals surface area (Å²) < 4.78 is 75.1. The van der Waals surface area contributed by atoms with Gasteiger partial charge in [0.1, 0.15) is 13.2 Å². The summed E-state index contributed by atoms with van der Waals surface area (Å²) in [5.74, 6) is -3.18. The third-order valence-electron chi connectivity index (χ3n) is 7.46. The Labute approximate surface area is 352 Å². The maximum atomic E-state index is 11.9. The number of benzene rings is 2. The zero-order chi connectivity index (χ0) is 42.8. The Morgan fingerprint density at radius 1 is 0.250 bits per heavy atom. The fraction of sp³-hybridized carbons (Fsp3) is 0.619. The molecule has 0 aliphatic rings. The Balaban J connectivity index is 1.15. The van der Waals surface area contributed by atoms with Crippen LogP contribution in [-0.4, -0.2) is 195 Å². The lowest BCUT2D eigenvalue weighted by atomic mass is 10.1. The normalized spacial score (nSPS) is 11.1. The summed E-state index contributed by atoms with van der Waals surface area (Å²) in [6.07, 6.45) is 0. The van der Waals surface area contributed by atoms with Crippen LogP contribution in [0.25, 0.3) is 0 Å². The summed E-state index contributed by atoms with van der Waals surface area (Å²) in [6, 6.07) is 16.5. The van der Waals surface area contributed by atoms with Gasteiger partial charge in [0, 0.05) is 11.1 Å². The minimum atomic E-state index is -0.905. The first-order valence-corrected chi connectivity index (χ1v) is 20.1. The van der Waals surface area contributed by atoms with Crippen molar-refractivity contribution in [1.82, 2.24) is 0 Å². The molecule has 0 heterocycles. The molecule has 0 aliphatic heterocycles. The largest absolute Gasteiger partial charge is 0.457 e. The first kappa shape index (κ1) is 52.4. The van der Waals surface area contributed by atoms with Crippen LogP contribution in [0.5, 0.6) is 0 Å². The van der Waals surface area contributed by atoms with Gasteiger partial charge in [-0.3, -0.25) is 9.59 Å². The SMILES string of the molecule is O=C(OCCOCCOCCOCCOCCOCCOCCOCCOCCOCCOCCOCCOCCOC(=O)C(=O)c1ccccc1)C(=O)c1ccccc1. The van der Waals surface area contributed by atoms with Crippen LogP contribution in [0.2, 0.25) is 0 Å². The maximum absolute atomic E-state index is 11.9. The Morgan fingerprint density at radius 3 is 0.600 bits per heavy atom. The number of rotatable bonds is 43. The van der Waals surface area contributed by atoms with Crippen LogP contribution in [0.4, 0.5) is 0 Å². The van der Waals surface area contributed by atoms with Crippen molar-refractivity contribution in [2.24, 2.45) is 0 Å². The third-order valence-corrected chi connectivity index (χ3v) is 7.46. The number of hydrogen-bond acceptors (Lipinski definition) is 18. The predicted octanol–water partition coefficient (Wildman–Crippen LogP) is 2.04. The molecule has 18 nitrogen and oxygen atoms in total. The number of carbonyl (C=O) groups excluding carboxylic acids is 4. The number of carbonyl (C=O) groups is 4. The quantitative estimate of drug-likeness (QED) is 0.0406. The van der Waals surface area contributed by atoms with Gasteiger partial charge in [-0.2, -0.15) is 0 Å². The van der Waals surface area contributed by atoms with Crippen molar-refractivity contribution in [3.05, 3.63) is 71.8 Å². The van der Waals surface area contributed by atoms with E-state index in [2.05, 4.69) is 0 Å². The predicted molar refractivity (Wildman–Crippen MR) is 213 cm³/mol. The third kappa shape index (κ3) is 30.3. The molecule has 0 saturated carbocycles. The van der Waals surface area contributed by atoms with E-state index in [-0.39, 0.29) is 37.6 Å². The Bertz CT molecular complexity index is 1230. The Hall–Kier alpha value is -3.76. The molecule has 0 aliphatic carbocycles. The van der Waals surface area contributed by atoms with E-state index in [0.29, 0.717) is 145 Å². The van der Waals surface area contributed by atoms with Crippen LogP contribution in [0.3, 0.4) is 0 Å². The first-order valence-electron chi connectivity index (χ1n) is 20.1. The van der Waals surface area contributed by atoms with E-state index in [1.54, 1.807) is 60.7 Å². The van der Waals surface area contributed by atoms with Gasteiger partial charge in [0.25, 0.3) is 11.6 Å². The molecule has 0 saturated heterocycles. The lowest BCUT2D eigenvalue weighted by molar-refractivity contribution is -0.140. The lowest BCUT2D eigenvalue weighted by Gasteiger charge is -2.09. The summed E-state index contributed by atoms with van der Waals surface area (Å²) in [7, 11) is 0. The Kier molecular flexibility index (Phi) is 34.4. The van der Waals surface area contributed by atoms with Crippen LogP contribution in [0, 0.1) is 0 Å². The van der Waals surface area contributed by atoms with E-state index >= 15 is 0 Å². The van der Waals surface area contributed by atoms with Gasteiger partial charge in [0.15, 0.2) is 0 Å². The molecule has 2 rings (SSSR count). The molecule has 338 valence electrons. The fourth-order valence-corrected chi connectivity index (χ4v) is 4.45. The van der Waals surface area contributed by atoms with E-state index < -0.39 is 23.5 Å². The van der Waals surface area contributed by atoms with Crippen molar-refractivity contribution in [2.45, 2.75) is 0 Å². The molecule has 0 fully saturated rings. The minimum Gasteiger partial charge on any atom is -0.457 e. The van der Waals surface area contributed by atoms with Crippen molar-refractivity contribution in [3.8, 4) is 0 Å². The van der Waals surface area contributed by atoms with E-state index in [4.69, 9.17) is 66.3 Å². The second-order valence-corrected chi connectivity index (χ2v) is 12.0. The number of hydrogen-bond donors (Lipinski definition) is 0. The molecule has 0 N–H and O–H groups in total.